The molecule has 3 amide bonds. The Hall–Kier alpha value is -3.77. The van der Waals surface area contributed by atoms with Crippen LogP contribution in [-0.4, -0.2) is 74.1 Å². The summed E-state index contributed by atoms with van der Waals surface area (Å²) in [5, 5.41) is 25.9. The van der Waals surface area contributed by atoms with Crippen LogP contribution in [0.5, 0.6) is 0 Å². The Labute approximate surface area is 196 Å². The summed E-state index contributed by atoms with van der Waals surface area (Å²) in [6.45, 7) is 2.57. The van der Waals surface area contributed by atoms with Gasteiger partial charge >= 0.3 is 5.97 Å². The first-order valence-corrected chi connectivity index (χ1v) is 10.7. The molecule has 0 aliphatic carbocycles. The van der Waals surface area contributed by atoms with Gasteiger partial charge in [0.2, 0.25) is 17.7 Å². The molecule has 2 aromatic rings. The molecule has 1 heterocycles. The van der Waals surface area contributed by atoms with Gasteiger partial charge in [-0.05, 0) is 25.8 Å². The molecule has 2 rings (SSSR count). The maximum atomic E-state index is 12.9. The fraction of sp³-hybridized carbons (Fsp3) is 0.409. The standard InChI is InChI=1S/C22H30N6O6/c1-12(19(30)28-18(13(2)29)22(33)34)26-21(32)17(9-15-10-24-11-25-15)27-20(31)16(23)8-14-6-4-3-5-7-14/h3-7,10-13,16-18,29H,8-9,23H2,1-2H3,(H,24,25)(H,26,32)(H,27,31)(H,28,30)(H,33,34). The van der Waals surface area contributed by atoms with Gasteiger partial charge in [0.1, 0.15) is 12.1 Å². The molecule has 12 heteroatoms. The van der Waals surface area contributed by atoms with Crippen LogP contribution in [0.1, 0.15) is 25.1 Å². The van der Waals surface area contributed by atoms with Crippen molar-refractivity contribution in [2.75, 3.05) is 0 Å². The number of hydrogen-bond donors (Lipinski definition) is 7. The van der Waals surface area contributed by atoms with Crippen LogP contribution in [0.4, 0.5) is 0 Å². The van der Waals surface area contributed by atoms with Crippen LogP contribution in [0.2, 0.25) is 0 Å². The maximum Gasteiger partial charge on any atom is 0.328 e. The van der Waals surface area contributed by atoms with Gasteiger partial charge in [-0.2, -0.15) is 0 Å². The molecule has 0 saturated heterocycles. The molecule has 0 saturated carbocycles. The number of nitrogens with zero attached hydrogens (tertiary/aromatic N) is 1. The van der Waals surface area contributed by atoms with Crippen molar-refractivity contribution in [1.29, 1.82) is 0 Å². The number of imidazole rings is 1. The number of aromatic nitrogens is 2. The first kappa shape index (κ1) is 26.5. The first-order valence-electron chi connectivity index (χ1n) is 10.7. The third kappa shape index (κ3) is 7.98. The summed E-state index contributed by atoms with van der Waals surface area (Å²) in [5.74, 6) is -3.46. The van der Waals surface area contributed by atoms with Crippen molar-refractivity contribution < 1.29 is 29.4 Å². The number of benzene rings is 1. The second-order valence-corrected chi connectivity index (χ2v) is 7.93. The lowest BCUT2D eigenvalue weighted by Crippen LogP contribution is -2.58. The average molecular weight is 475 g/mol. The van der Waals surface area contributed by atoms with Crippen molar-refractivity contribution in [2.24, 2.45) is 5.73 Å². The van der Waals surface area contributed by atoms with E-state index in [0.29, 0.717) is 5.69 Å². The van der Waals surface area contributed by atoms with Crippen LogP contribution in [0.25, 0.3) is 0 Å². The zero-order valence-corrected chi connectivity index (χ0v) is 18.9. The fourth-order valence-electron chi connectivity index (χ4n) is 3.11. The number of nitrogens with one attached hydrogen (secondary N) is 4. The average Bonchev–Trinajstić information content (AvgIpc) is 3.30. The number of H-pyrrole nitrogens is 1. The molecule has 184 valence electrons. The predicted octanol–water partition coefficient (Wildman–Crippen LogP) is -1.54. The maximum absolute atomic E-state index is 12.9. The second kappa shape index (κ2) is 12.5. The highest BCUT2D eigenvalue weighted by Crippen LogP contribution is 2.05. The number of hydrogen-bond acceptors (Lipinski definition) is 7. The number of aliphatic hydroxyl groups excluding tert-OH is 1. The van der Waals surface area contributed by atoms with E-state index in [0.717, 1.165) is 5.56 Å². The Kier molecular flexibility index (Phi) is 9.71. The molecule has 12 nitrogen and oxygen atoms in total. The Morgan fingerprint density at radius 1 is 1.00 bits per heavy atom. The molecule has 0 fully saturated rings. The second-order valence-electron chi connectivity index (χ2n) is 7.93. The monoisotopic (exact) mass is 474 g/mol. The summed E-state index contributed by atoms with van der Waals surface area (Å²) in [7, 11) is 0. The Morgan fingerprint density at radius 3 is 2.24 bits per heavy atom. The van der Waals surface area contributed by atoms with Gasteiger partial charge in [-0.3, -0.25) is 14.4 Å². The summed E-state index contributed by atoms with van der Waals surface area (Å²) in [4.78, 5) is 55.9. The van der Waals surface area contributed by atoms with Crippen LogP contribution in [0.15, 0.2) is 42.9 Å². The summed E-state index contributed by atoms with van der Waals surface area (Å²) < 4.78 is 0. The van der Waals surface area contributed by atoms with Crippen LogP contribution >= 0.6 is 0 Å². The molecule has 34 heavy (non-hydrogen) atoms. The summed E-state index contributed by atoms with van der Waals surface area (Å²) >= 11 is 0. The largest absolute Gasteiger partial charge is 0.480 e. The Balaban J connectivity index is 2.05. The quantitative estimate of drug-likeness (QED) is 0.192. The molecule has 0 spiro atoms. The van der Waals surface area contributed by atoms with Crippen molar-refractivity contribution in [1.82, 2.24) is 25.9 Å². The summed E-state index contributed by atoms with van der Waals surface area (Å²) in [6, 6.07) is 4.48. The molecule has 0 aliphatic rings. The summed E-state index contributed by atoms with van der Waals surface area (Å²) in [6.07, 6.45) is 1.88. The van der Waals surface area contributed by atoms with E-state index in [1.165, 1.54) is 26.4 Å². The molecule has 8 N–H and O–H groups in total. The van der Waals surface area contributed by atoms with Crippen LogP contribution in [0, 0.1) is 0 Å². The smallest absolute Gasteiger partial charge is 0.328 e. The minimum Gasteiger partial charge on any atom is -0.480 e. The number of amides is 3. The highest BCUT2D eigenvalue weighted by Gasteiger charge is 2.30. The van der Waals surface area contributed by atoms with E-state index >= 15 is 0 Å². The van der Waals surface area contributed by atoms with E-state index in [2.05, 4.69) is 25.9 Å². The van der Waals surface area contributed by atoms with Gasteiger partial charge in [0.05, 0.1) is 18.5 Å². The lowest BCUT2D eigenvalue weighted by molar-refractivity contribution is -0.145. The number of carbonyl (C=O) groups excluding carboxylic acids is 3. The number of nitrogens with two attached hydrogens (primary N) is 1. The van der Waals surface area contributed by atoms with E-state index < -0.39 is 54.0 Å². The minimum absolute atomic E-state index is 0.0510. The first-order chi connectivity index (χ1) is 16.1. The van der Waals surface area contributed by atoms with Crippen LogP contribution < -0.4 is 21.7 Å². The third-order valence-electron chi connectivity index (χ3n) is 5.05. The Bertz CT molecular complexity index is 966. The van der Waals surface area contributed by atoms with Crippen molar-refractivity contribution in [3.8, 4) is 0 Å². The molecule has 1 aromatic heterocycles. The van der Waals surface area contributed by atoms with Gasteiger partial charge in [-0.1, -0.05) is 30.3 Å². The number of carboxylic acid groups (broad SMARTS) is 1. The number of carbonyl (C=O) groups is 4. The van der Waals surface area contributed by atoms with E-state index in [-0.39, 0.29) is 12.8 Å². The number of carboxylic acids is 1. The fourth-order valence-corrected chi connectivity index (χ4v) is 3.11. The number of aliphatic hydroxyl groups is 1. The Morgan fingerprint density at radius 2 is 1.68 bits per heavy atom. The van der Waals surface area contributed by atoms with E-state index in [9.17, 15) is 24.3 Å². The topological polar surface area (TPSA) is 200 Å². The van der Waals surface area contributed by atoms with Crippen molar-refractivity contribution in [3.63, 3.8) is 0 Å². The molecule has 0 aliphatic heterocycles. The predicted molar refractivity (Wildman–Crippen MR) is 121 cm³/mol. The molecule has 5 unspecified atom stereocenters. The number of aromatic amines is 1. The normalized spacial score (nSPS) is 15.3. The number of rotatable bonds is 12. The molecular formula is C22H30N6O6. The zero-order valence-electron chi connectivity index (χ0n) is 18.9. The lowest BCUT2D eigenvalue weighted by atomic mass is 10.0. The minimum atomic E-state index is -1.54. The number of aliphatic carboxylic acids is 1. The van der Waals surface area contributed by atoms with Crippen molar-refractivity contribution in [2.45, 2.75) is 57.0 Å². The molecule has 0 radical (unpaired) electrons. The molecular weight excluding hydrogens is 444 g/mol. The van der Waals surface area contributed by atoms with Crippen LogP contribution in [-0.2, 0) is 32.0 Å². The summed E-state index contributed by atoms with van der Waals surface area (Å²) in [5.41, 5.74) is 7.45. The van der Waals surface area contributed by atoms with Crippen LogP contribution in [0.3, 0.4) is 0 Å². The molecule has 0 bridgehead atoms. The van der Waals surface area contributed by atoms with E-state index in [1.54, 1.807) is 0 Å². The van der Waals surface area contributed by atoms with Gasteiger partial charge in [0, 0.05) is 18.3 Å². The SMILES string of the molecule is CC(NC(=O)C(Cc1cnc[nH]1)NC(=O)C(N)Cc1ccccc1)C(=O)NC(C(=O)O)C(C)O. The van der Waals surface area contributed by atoms with E-state index in [1.807, 2.05) is 30.3 Å². The third-order valence-corrected chi connectivity index (χ3v) is 5.05. The highest BCUT2D eigenvalue weighted by molar-refractivity contribution is 5.94. The van der Waals surface area contributed by atoms with Gasteiger partial charge in [-0.15, -0.1) is 0 Å². The molecule has 1 aromatic carbocycles. The van der Waals surface area contributed by atoms with Crippen molar-refractivity contribution >= 4 is 23.7 Å². The molecule has 5 atom stereocenters. The van der Waals surface area contributed by atoms with E-state index in [4.69, 9.17) is 10.8 Å². The highest BCUT2D eigenvalue weighted by atomic mass is 16.4. The van der Waals surface area contributed by atoms with Gasteiger partial charge in [-0.25, -0.2) is 9.78 Å². The van der Waals surface area contributed by atoms with Gasteiger partial charge in [0.25, 0.3) is 0 Å². The van der Waals surface area contributed by atoms with Crippen molar-refractivity contribution in [3.05, 3.63) is 54.1 Å². The zero-order chi connectivity index (χ0) is 25.3. The van der Waals surface area contributed by atoms with Gasteiger partial charge < -0.3 is 36.9 Å². The lowest BCUT2D eigenvalue weighted by Gasteiger charge is -2.24. The van der Waals surface area contributed by atoms with Gasteiger partial charge in [0.15, 0.2) is 6.04 Å².